The minimum absolute atomic E-state index is 0.0504. The number of anilines is 1. The normalized spacial score (nSPS) is 11.7. The van der Waals surface area contributed by atoms with Gasteiger partial charge in [-0.15, -0.1) is 0 Å². The number of nitrogens with zero attached hydrogens (tertiary/aromatic N) is 3. The molecule has 1 aromatic carbocycles. The van der Waals surface area contributed by atoms with Gasteiger partial charge in [0.25, 0.3) is 5.91 Å². The highest BCUT2D eigenvalue weighted by molar-refractivity contribution is 5.94. The maximum atomic E-state index is 12.7. The summed E-state index contributed by atoms with van der Waals surface area (Å²) in [4.78, 5) is 25.2. The molecular formula is C21H23N5O. The van der Waals surface area contributed by atoms with Crippen LogP contribution in [-0.4, -0.2) is 20.9 Å². The summed E-state index contributed by atoms with van der Waals surface area (Å²) in [6.45, 7) is 2.14. The van der Waals surface area contributed by atoms with Crippen molar-refractivity contribution in [1.29, 1.82) is 0 Å². The van der Waals surface area contributed by atoms with Gasteiger partial charge in [-0.25, -0.2) is 4.98 Å². The van der Waals surface area contributed by atoms with Crippen LogP contribution in [0.4, 0.5) is 5.82 Å². The standard InChI is InChI=1S/C21H23N5O/c1-2-3-6-18(17-5-4-11-23-12-17)26-21(27)16-9-7-15(8-10-16)19-13-24-14-20(22)25-19/h4-5,7-14,18H,2-3,6H2,1H3,(H2,22,25)(H,26,27). The average molecular weight is 361 g/mol. The first-order chi connectivity index (χ1) is 13.2. The van der Waals surface area contributed by atoms with E-state index in [1.807, 2.05) is 30.5 Å². The molecule has 2 aromatic heterocycles. The van der Waals surface area contributed by atoms with Gasteiger partial charge >= 0.3 is 0 Å². The predicted octanol–water partition coefficient (Wildman–Crippen LogP) is 3.78. The average Bonchev–Trinajstić information content (AvgIpc) is 2.71. The van der Waals surface area contributed by atoms with E-state index in [1.165, 1.54) is 6.20 Å². The van der Waals surface area contributed by atoms with Gasteiger partial charge in [0, 0.05) is 23.5 Å². The van der Waals surface area contributed by atoms with Crippen LogP contribution >= 0.6 is 0 Å². The van der Waals surface area contributed by atoms with E-state index in [4.69, 9.17) is 5.73 Å². The Morgan fingerprint density at radius 1 is 1.11 bits per heavy atom. The Morgan fingerprint density at radius 2 is 1.93 bits per heavy atom. The topological polar surface area (TPSA) is 93.8 Å². The molecule has 0 aliphatic heterocycles. The summed E-state index contributed by atoms with van der Waals surface area (Å²) in [5.41, 5.74) is 8.84. The molecule has 1 atom stereocenters. The van der Waals surface area contributed by atoms with Crippen LogP contribution in [0.5, 0.6) is 0 Å². The SMILES string of the molecule is CCCCC(NC(=O)c1ccc(-c2cncc(N)n2)cc1)c1cccnc1. The van der Waals surface area contributed by atoms with E-state index in [1.54, 1.807) is 24.5 Å². The van der Waals surface area contributed by atoms with Crippen LogP contribution in [0.15, 0.2) is 61.2 Å². The largest absolute Gasteiger partial charge is 0.382 e. The molecule has 0 fully saturated rings. The number of hydrogen-bond acceptors (Lipinski definition) is 5. The third-order valence-corrected chi connectivity index (χ3v) is 4.33. The first-order valence-corrected chi connectivity index (χ1v) is 9.06. The Morgan fingerprint density at radius 3 is 2.59 bits per heavy atom. The van der Waals surface area contributed by atoms with Crippen LogP contribution in [0, 0.1) is 0 Å². The second-order valence-electron chi connectivity index (χ2n) is 6.36. The van der Waals surface area contributed by atoms with Crippen LogP contribution < -0.4 is 11.1 Å². The van der Waals surface area contributed by atoms with Crippen molar-refractivity contribution in [2.75, 3.05) is 5.73 Å². The number of amides is 1. The number of nitrogens with two attached hydrogens (primary N) is 1. The molecule has 27 heavy (non-hydrogen) atoms. The van der Waals surface area contributed by atoms with E-state index in [0.29, 0.717) is 17.1 Å². The van der Waals surface area contributed by atoms with Crippen molar-refractivity contribution in [3.63, 3.8) is 0 Å². The number of unbranched alkanes of at least 4 members (excludes halogenated alkanes) is 1. The van der Waals surface area contributed by atoms with Gasteiger partial charge in [0.1, 0.15) is 5.82 Å². The number of aromatic nitrogens is 3. The number of carbonyl (C=O) groups is 1. The Labute approximate surface area is 158 Å². The number of hydrogen-bond donors (Lipinski definition) is 2. The van der Waals surface area contributed by atoms with Crippen molar-refractivity contribution in [3.05, 3.63) is 72.3 Å². The highest BCUT2D eigenvalue weighted by Gasteiger charge is 2.16. The highest BCUT2D eigenvalue weighted by Crippen LogP contribution is 2.21. The molecule has 0 spiro atoms. The lowest BCUT2D eigenvalue weighted by atomic mass is 10.0. The molecule has 0 saturated carbocycles. The summed E-state index contributed by atoms with van der Waals surface area (Å²) in [6.07, 6.45) is 9.68. The van der Waals surface area contributed by atoms with Crippen molar-refractivity contribution in [2.45, 2.75) is 32.2 Å². The van der Waals surface area contributed by atoms with E-state index in [-0.39, 0.29) is 11.9 Å². The van der Waals surface area contributed by atoms with Gasteiger partial charge in [-0.1, -0.05) is 38.0 Å². The van der Waals surface area contributed by atoms with Crippen LogP contribution in [0.25, 0.3) is 11.3 Å². The molecule has 0 aliphatic carbocycles. The molecule has 0 radical (unpaired) electrons. The Bertz CT molecular complexity index is 881. The zero-order valence-electron chi connectivity index (χ0n) is 15.3. The van der Waals surface area contributed by atoms with Gasteiger partial charge in [-0.3, -0.25) is 14.8 Å². The summed E-state index contributed by atoms with van der Waals surface area (Å²) in [5.74, 6) is 0.259. The van der Waals surface area contributed by atoms with Gasteiger partial charge in [0.2, 0.25) is 0 Å². The minimum Gasteiger partial charge on any atom is -0.382 e. The summed E-state index contributed by atoms with van der Waals surface area (Å²) in [6, 6.07) is 11.1. The number of pyridine rings is 1. The fraction of sp³-hybridized carbons (Fsp3) is 0.238. The fourth-order valence-corrected chi connectivity index (χ4v) is 2.87. The molecule has 0 bridgehead atoms. The van der Waals surface area contributed by atoms with Gasteiger partial charge < -0.3 is 11.1 Å². The number of benzene rings is 1. The Kier molecular flexibility index (Phi) is 6.10. The van der Waals surface area contributed by atoms with Crippen LogP contribution in [0.1, 0.15) is 48.1 Å². The maximum Gasteiger partial charge on any atom is 0.251 e. The van der Waals surface area contributed by atoms with E-state index in [2.05, 4.69) is 27.2 Å². The molecule has 6 heteroatoms. The smallest absolute Gasteiger partial charge is 0.251 e. The van der Waals surface area contributed by atoms with E-state index < -0.39 is 0 Å². The van der Waals surface area contributed by atoms with Crippen molar-refractivity contribution >= 4 is 11.7 Å². The first kappa shape index (κ1) is 18.5. The summed E-state index contributed by atoms with van der Waals surface area (Å²) >= 11 is 0. The molecule has 1 amide bonds. The number of nitrogen functional groups attached to an aromatic ring is 1. The number of carbonyl (C=O) groups excluding carboxylic acids is 1. The quantitative estimate of drug-likeness (QED) is 0.668. The molecule has 6 nitrogen and oxygen atoms in total. The van der Waals surface area contributed by atoms with Crippen molar-refractivity contribution < 1.29 is 4.79 Å². The van der Waals surface area contributed by atoms with Crippen LogP contribution in [0.2, 0.25) is 0 Å². The predicted molar refractivity (Wildman–Crippen MR) is 106 cm³/mol. The maximum absolute atomic E-state index is 12.7. The zero-order valence-corrected chi connectivity index (χ0v) is 15.3. The van der Waals surface area contributed by atoms with Gasteiger partial charge in [-0.2, -0.15) is 0 Å². The van der Waals surface area contributed by atoms with Crippen molar-refractivity contribution in [2.24, 2.45) is 0 Å². The second-order valence-corrected chi connectivity index (χ2v) is 6.36. The molecular weight excluding hydrogens is 338 g/mol. The lowest BCUT2D eigenvalue weighted by molar-refractivity contribution is 0.0934. The molecule has 0 saturated heterocycles. The molecule has 3 N–H and O–H groups in total. The molecule has 3 aromatic rings. The van der Waals surface area contributed by atoms with Crippen molar-refractivity contribution in [1.82, 2.24) is 20.3 Å². The van der Waals surface area contributed by atoms with Crippen LogP contribution in [0.3, 0.4) is 0 Å². The second kappa shape index (κ2) is 8.89. The third-order valence-electron chi connectivity index (χ3n) is 4.33. The number of nitrogens with one attached hydrogen (secondary N) is 1. The number of rotatable bonds is 7. The lowest BCUT2D eigenvalue weighted by Gasteiger charge is -2.19. The fourth-order valence-electron chi connectivity index (χ4n) is 2.87. The lowest BCUT2D eigenvalue weighted by Crippen LogP contribution is -2.28. The molecule has 3 rings (SSSR count). The van der Waals surface area contributed by atoms with Gasteiger partial charge in [0.05, 0.1) is 24.1 Å². The monoisotopic (exact) mass is 361 g/mol. The van der Waals surface area contributed by atoms with E-state index in [9.17, 15) is 4.79 Å². The summed E-state index contributed by atoms with van der Waals surface area (Å²) < 4.78 is 0. The van der Waals surface area contributed by atoms with E-state index >= 15 is 0 Å². The van der Waals surface area contributed by atoms with Crippen LogP contribution in [-0.2, 0) is 0 Å². The van der Waals surface area contributed by atoms with E-state index in [0.717, 1.165) is 30.4 Å². The Hall–Kier alpha value is -3.28. The molecule has 0 aliphatic rings. The molecule has 138 valence electrons. The highest BCUT2D eigenvalue weighted by atomic mass is 16.1. The van der Waals surface area contributed by atoms with Gasteiger partial charge in [0.15, 0.2) is 0 Å². The zero-order chi connectivity index (χ0) is 19.1. The summed E-state index contributed by atoms with van der Waals surface area (Å²) in [7, 11) is 0. The summed E-state index contributed by atoms with van der Waals surface area (Å²) in [5, 5.41) is 3.13. The Balaban J connectivity index is 1.74. The minimum atomic E-state index is -0.106. The third kappa shape index (κ3) is 4.88. The molecule has 1 unspecified atom stereocenters. The first-order valence-electron chi connectivity index (χ1n) is 9.06. The van der Waals surface area contributed by atoms with Crippen molar-refractivity contribution in [3.8, 4) is 11.3 Å². The van der Waals surface area contributed by atoms with Gasteiger partial charge in [-0.05, 0) is 30.2 Å². The molecule has 2 heterocycles.